The van der Waals surface area contributed by atoms with Gasteiger partial charge >= 0.3 is 0 Å². The maximum Gasteiger partial charge on any atom is 0.244 e. The van der Waals surface area contributed by atoms with Crippen LogP contribution in [0.5, 0.6) is 0 Å². The molecule has 10 heavy (non-hydrogen) atoms. The SMILES string of the molecule is COC[CH2][AlH][CH2]COC.[Na]. The molecule has 4 heteroatoms. The van der Waals surface area contributed by atoms with Gasteiger partial charge in [-0.3, -0.25) is 0 Å². The molecule has 2 nitrogen and oxygen atoms in total. The van der Waals surface area contributed by atoms with E-state index in [1.54, 1.807) is 14.2 Å². The van der Waals surface area contributed by atoms with Crippen molar-refractivity contribution in [3.05, 3.63) is 0 Å². The van der Waals surface area contributed by atoms with Gasteiger partial charge in [0.1, 0.15) is 0 Å². The molecule has 1 radical (unpaired) electrons. The summed E-state index contributed by atoms with van der Waals surface area (Å²) < 4.78 is 9.83. The zero-order valence-corrected chi connectivity index (χ0v) is 10.8. The predicted octanol–water partition coefficient (Wildman–Crippen LogP) is 0.171. The Morgan fingerprint density at radius 1 is 1.00 bits per heavy atom. The van der Waals surface area contributed by atoms with Gasteiger partial charge in [-0.2, -0.15) is 0 Å². The molecule has 0 bridgehead atoms. The second-order valence-electron chi connectivity index (χ2n) is 2.05. The Hall–Kier alpha value is 1.45. The molecule has 55 valence electrons. The van der Waals surface area contributed by atoms with Crippen LogP contribution in [0.15, 0.2) is 0 Å². The van der Waals surface area contributed by atoms with Crippen LogP contribution in [0.3, 0.4) is 0 Å². The number of rotatable bonds is 6. The molecule has 0 unspecified atom stereocenters. The third kappa shape index (κ3) is 12.2. The number of ether oxygens (including phenoxy) is 2. The number of hydrogen-bond donors (Lipinski definition) is 0. The van der Waals surface area contributed by atoms with Gasteiger partial charge in [0.2, 0.25) is 15.2 Å². The maximum atomic E-state index is 4.92. The van der Waals surface area contributed by atoms with E-state index >= 15 is 0 Å². The van der Waals surface area contributed by atoms with Gasteiger partial charge in [0, 0.05) is 57.0 Å². The van der Waals surface area contributed by atoms with Crippen molar-refractivity contribution in [2.24, 2.45) is 0 Å². The average Bonchev–Trinajstić information content (AvgIpc) is 1.89. The summed E-state index contributed by atoms with van der Waals surface area (Å²) in [6.45, 7) is 1.88. The Morgan fingerprint density at radius 2 is 1.40 bits per heavy atom. The Balaban J connectivity index is 0. The third-order valence-electron chi connectivity index (χ3n) is 1.20. The van der Waals surface area contributed by atoms with E-state index < -0.39 is 0 Å². The topological polar surface area (TPSA) is 18.5 Å². The van der Waals surface area contributed by atoms with E-state index in [1.165, 1.54) is 10.6 Å². The van der Waals surface area contributed by atoms with Gasteiger partial charge in [-0.15, -0.1) is 0 Å². The van der Waals surface area contributed by atoms with E-state index in [-0.39, 0.29) is 44.8 Å². The van der Waals surface area contributed by atoms with Gasteiger partial charge in [-0.25, -0.2) is 0 Å². The maximum absolute atomic E-state index is 4.92. The third-order valence-corrected chi connectivity index (χ3v) is 2.77. The fourth-order valence-corrected chi connectivity index (χ4v) is 2.01. The zero-order chi connectivity index (χ0) is 6.95. The van der Waals surface area contributed by atoms with Crippen molar-refractivity contribution in [1.29, 1.82) is 0 Å². The molecule has 0 aromatic heterocycles. The molecule has 0 saturated heterocycles. The van der Waals surface area contributed by atoms with Crippen LogP contribution < -0.4 is 0 Å². The van der Waals surface area contributed by atoms with E-state index in [4.69, 9.17) is 9.47 Å². The first kappa shape index (κ1) is 14.0. The first-order valence-corrected chi connectivity index (χ1v) is 5.39. The first-order valence-electron chi connectivity index (χ1n) is 3.39. The van der Waals surface area contributed by atoms with Crippen molar-refractivity contribution >= 4 is 44.8 Å². The van der Waals surface area contributed by atoms with Crippen molar-refractivity contribution < 1.29 is 9.47 Å². The van der Waals surface area contributed by atoms with Gasteiger partial charge in [0.25, 0.3) is 0 Å². The second-order valence-corrected chi connectivity index (χ2v) is 4.17. The minimum absolute atomic E-state index is 0. The van der Waals surface area contributed by atoms with Crippen molar-refractivity contribution in [2.45, 2.75) is 10.6 Å². The molecular weight excluding hydrogens is 154 g/mol. The molecule has 0 aliphatic carbocycles. The number of hydrogen-bond acceptors (Lipinski definition) is 2. The van der Waals surface area contributed by atoms with E-state index in [0.717, 1.165) is 13.2 Å². The molecule has 0 aromatic carbocycles. The predicted molar refractivity (Wildman–Crippen MR) is 46.3 cm³/mol. The molecule has 0 saturated carbocycles. The molecule has 0 fully saturated rings. The van der Waals surface area contributed by atoms with Gasteiger partial charge in [0.05, 0.1) is 0 Å². The molecule has 0 spiro atoms. The Morgan fingerprint density at radius 3 is 1.70 bits per heavy atom. The first-order chi connectivity index (χ1) is 4.41. The molecule has 0 aliphatic heterocycles. The number of methoxy groups -OCH3 is 2. The Kier molecular flexibility index (Phi) is 18.3. The van der Waals surface area contributed by atoms with Gasteiger partial charge in [0.15, 0.2) is 0 Å². The average molecular weight is 169 g/mol. The van der Waals surface area contributed by atoms with Gasteiger partial charge in [-0.1, -0.05) is 10.6 Å². The largest absolute Gasteiger partial charge is 0.386 e. The van der Waals surface area contributed by atoms with E-state index in [2.05, 4.69) is 0 Å². The van der Waals surface area contributed by atoms with Crippen molar-refractivity contribution in [3.8, 4) is 0 Å². The summed E-state index contributed by atoms with van der Waals surface area (Å²) in [4.78, 5) is 0. The van der Waals surface area contributed by atoms with Crippen LogP contribution in [0.2, 0.25) is 10.6 Å². The monoisotopic (exact) mass is 169 g/mol. The summed E-state index contributed by atoms with van der Waals surface area (Å²) in [6, 6.07) is 0. The summed E-state index contributed by atoms with van der Waals surface area (Å²) in [5, 5.41) is 2.58. The fraction of sp³-hybridized carbons (Fsp3) is 1.00. The Bertz CT molecular complexity index is 49.0. The van der Waals surface area contributed by atoms with E-state index in [1.807, 2.05) is 0 Å². The van der Waals surface area contributed by atoms with Crippen LogP contribution in [-0.4, -0.2) is 72.2 Å². The minimum atomic E-state index is 0. The zero-order valence-electron chi connectivity index (χ0n) is 7.35. The van der Waals surface area contributed by atoms with Crippen molar-refractivity contribution in [1.82, 2.24) is 0 Å². The minimum Gasteiger partial charge on any atom is -0.386 e. The molecule has 0 atom stereocenters. The summed E-state index contributed by atoms with van der Waals surface area (Å²) in [5.74, 6) is 0. The van der Waals surface area contributed by atoms with Crippen molar-refractivity contribution in [2.75, 3.05) is 27.4 Å². The summed E-state index contributed by atoms with van der Waals surface area (Å²) >= 11 is 0.139. The fourth-order valence-electron chi connectivity index (χ4n) is 0.670. The van der Waals surface area contributed by atoms with Gasteiger partial charge in [-0.05, 0) is 0 Å². The molecule has 0 heterocycles. The molecule has 0 amide bonds. The summed E-state index contributed by atoms with van der Waals surface area (Å²) in [5.41, 5.74) is 0. The quantitative estimate of drug-likeness (QED) is 0.417. The van der Waals surface area contributed by atoms with Crippen LogP contribution in [0, 0.1) is 0 Å². The van der Waals surface area contributed by atoms with Crippen LogP contribution in [0.4, 0.5) is 0 Å². The normalized spacial score (nSPS) is 8.60. The second kappa shape index (κ2) is 13.1. The van der Waals surface area contributed by atoms with E-state index in [0.29, 0.717) is 0 Å². The summed E-state index contributed by atoms with van der Waals surface area (Å²) in [6.07, 6.45) is 0. The summed E-state index contributed by atoms with van der Waals surface area (Å²) in [7, 11) is 3.51. The van der Waals surface area contributed by atoms with Crippen LogP contribution >= 0.6 is 0 Å². The smallest absolute Gasteiger partial charge is 0.244 e. The van der Waals surface area contributed by atoms with Crippen LogP contribution in [0.1, 0.15) is 0 Å². The van der Waals surface area contributed by atoms with Crippen LogP contribution in [-0.2, 0) is 9.47 Å². The Labute approximate surface area is 91.7 Å². The van der Waals surface area contributed by atoms with Crippen molar-refractivity contribution in [3.63, 3.8) is 0 Å². The molecular formula is C6H15AlNaO2. The molecule has 0 rings (SSSR count). The van der Waals surface area contributed by atoms with Gasteiger partial charge < -0.3 is 9.47 Å². The molecule has 0 N–H and O–H groups in total. The molecule has 0 aromatic rings. The van der Waals surface area contributed by atoms with Crippen LogP contribution in [0.25, 0.3) is 0 Å². The van der Waals surface area contributed by atoms with E-state index in [9.17, 15) is 0 Å². The molecule has 0 aliphatic rings. The standard InChI is InChI=1S/2C3H7O.Al.Na.H/c2*1-3-4-2;;;/h2*1,3H2,2H3;;;.